The highest BCUT2D eigenvalue weighted by molar-refractivity contribution is 6.04. The van der Waals surface area contributed by atoms with Gasteiger partial charge in [0.15, 0.2) is 5.60 Å². The van der Waals surface area contributed by atoms with Gasteiger partial charge < -0.3 is 24.5 Å². The molecule has 1 saturated carbocycles. The molecule has 1 aromatic carbocycles. The highest BCUT2D eigenvalue weighted by Crippen LogP contribution is 2.41. The minimum atomic E-state index is -1.55. The maximum atomic E-state index is 13.1. The number of nitrogens with zero attached hydrogens (tertiary/aromatic N) is 3. The van der Waals surface area contributed by atoms with Crippen molar-refractivity contribution in [3.63, 3.8) is 0 Å². The first-order valence-electron chi connectivity index (χ1n) is 9.56. The average Bonchev–Trinajstić information content (AvgIpc) is 3.40. The lowest BCUT2D eigenvalue weighted by Crippen LogP contribution is -2.71. The smallest absolute Gasteiger partial charge is 0.410 e. The molecule has 3 aliphatic rings. The molecule has 1 aromatic rings. The van der Waals surface area contributed by atoms with Crippen LogP contribution in [0.2, 0.25) is 0 Å². The van der Waals surface area contributed by atoms with Gasteiger partial charge in [-0.05, 0) is 45.7 Å². The predicted molar refractivity (Wildman–Crippen MR) is 102 cm³/mol. The third-order valence-electron chi connectivity index (χ3n) is 5.23. The Kier molecular flexibility index (Phi) is 4.10. The van der Waals surface area contributed by atoms with Gasteiger partial charge in [-0.15, -0.1) is 0 Å². The van der Waals surface area contributed by atoms with Crippen molar-refractivity contribution in [1.29, 1.82) is 0 Å². The highest BCUT2D eigenvalue weighted by atomic mass is 16.6. The first-order chi connectivity index (χ1) is 12.7. The number of hydrogen-bond donors (Lipinski definition) is 1. The van der Waals surface area contributed by atoms with Gasteiger partial charge in [0, 0.05) is 19.1 Å². The third kappa shape index (κ3) is 3.36. The standard InChI is InChI=1S/C20H27N3O4/c1-19(2,3)27-18(25)21-12-20(26,13-21)17(24)23-11-10-22(14-8-9-14)15-6-4-5-7-16(15)23/h4-7,14,26H,8-13H2,1-3H3. The molecule has 0 spiro atoms. The van der Waals surface area contributed by atoms with Crippen LogP contribution in [0, 0.1) is 0 Å². The molecular formula is C20H27N3O4. The number of β-amino-alcohol motifs (C(OH)–C–C–N with tert-alkyl or cyclic N) is 1. The van der Waals surface area contributed by atoms with Crippen LogP contribution in [0.25, 0.3) is 0 Å². The van der Waals surface area contributed by atoms with E-state index < -0.39 is 17.3 Å². The molecule has 1 aliphatic carbocycles. The third-order valence-corrected chi connectivity index (χ3v) is 5.23. The summed E-state index contributed by atoms with van der Waals surface area (Å²) in [5.41, 5.74) is -0.269. The molecule has 2 fully saturated rings. The molecule has 2 aliphatic heterocycles. The van der Waals surface area contributed by atoms with Gasteiger partial charge in [0.05, 0.1) is 24.5 Å². The summed E-state index contributed by atoms with van der Waals surface area (Å²) in [4.78, 5) is 30.6. The zero-order chi connectivity index (χ0) is 19.4. The van der Waals surface area contributed by atoms with Crippen LogP contribution in [0.5, 0.6) is 0 Å². The lowest BCUT2D eigenvalue weighted by molar-refractivity contribution is -0.154. The number of ether oxygens (including phenoxy) is 1. The Balaban J connectivity index is 1.47. The Bertz CT molecular complexity index is 763. The number of carbonyl (C=O) groups excluding carboxylic acids is 2. The van der Waals surface area contributed by atoms with Crippen molar-refractivity contribution in [2.45, 2.75) is 50.9 Å². The van der Waals surface area contributed by atoms with Gasteiger partial charge in [-0.2, -0.15) is 0 Å². The summed E-state index contributed by atoms with van der Waals surface area (Å²) in [6, 6.07) is 8.41. The molecule has 0 bridgehead atoms. The number of carbonyl (C=O) groups is 2. The van der Waals surface area contributed by atoms with Gasteiger partial charge in [0.25, 0.3) is 5.91 Å². The van der Waals surface area contributed by atoms with E-state index in [2.05, 4.69) is 4.90 Å². The zero-order valence-corrected chi connectivity index (χ0v) is 16.1. The predicted octanol–water partition coefficient (Wildman–Crippen LogP) is 1.98. The van der Waals surface area contributed by atoms with E-state index in [1.807, 2.05) is 24.3 Å². The monoisotopic (exact) mass is 373 g/mol. The van der Waals surface area contributed by atoms with E-state index >= 15 is 0 Å². The van der Waals surface area contributed by atoms with Crippen LogP contribution in [0.15, 0.2) is 24.3 Å². The minimum absolute atomic E-state index is 0.0360. The number of rotatable bonds is 2. The summed E-state index contributed by atoms with van der Waals surface area (Å²) in [6.45, 7) is 6.60. The number of fused-ring (bicyclic) bond motifs is 1. The molecule has 7 nitrogen and oxygen atoms in total. The molecule has 0 aromatic heterocycles. The van der Waals surface area contributed by atoms with Gasteiger partial charge in [0.2, 0.25) is 0 Å². The van der Waals surface area contributed by atoms with Crippen molar-refractivity contribution in [3.05, 3.63) is 24.3 Å². The first-order valence-corrected chi connectivity index (χ1v) is 9.56. The van der Waals surface area contributed by atoms with Crippen molar-refractivity contribution >= 4 is 23.4 Å². The van der Waals surface area contributed by atoms with Crippen molar-refractivity contribution < 1.29 is 19.4 Å². The molecule has 0 unspecified atom stereocenters. The van der Waals surface area contributed by atoms with E-state index in [1.54, 1.807) is 25.7 Å². The van der Waals surface area contributed by atoms with E-state index in [-0.39, 0.29) is 19.0 Å². The Morgan fingerprint density at radius 2 is 1.74 bits per heavy atom. The van der Waals surface area contributed by atoms with Crippen molar-refractivity contribution in [3.8, 4) is 0 Å². The average molecular weight is 373 g/mol. The number of hydrogen-bond acceptors (Lipinski definition) is 5. The highest BCUT2D eigenvalue weighted by Gasteiger charge is 2.53. The van der Waals surface area contributed by atoms with E-state index in [0.717, 1.165) is 17.9 Å². The second-order valence-corrected chi connectivity index (χ2v) is 8.74. The van der Waals surface area contributed by atoms with Crippen molar-refractivity contribution in [2.24, 2.45) is 0 Å². The lowest BCUT2D eigenvalue weighted by Gasteiger charge is -2.48. The van der Waals surface area contributed by atoms with Gasteiger partial charge in [-0.25, -0.2) is 4.79 Å². The van der Waals surface area contributed by atoms with E-state index in [9.17, 15) is 14.7 Å². The molecule has 2 heterocycles. The quantitative estimate of drug-likeness (QED) is 0.858. The zero-order valence-electron chi connectivity index (χ0n) is 16.1. The first kappa shape index (κ1) is 18.1. The topological polar surface area (TPSA) is 73.3 Å². The van der Waals surface area contributed by atoms with Gasteiger partial charge in [-0.3, -0.25) is 4.79 Å². The molecule has 0 radical (unpaired) electrons. The number of anilines is 2. The number of benzene rings is 1. The van der Waals surface area contributed by atoms with Crippen LogP contribution >= 0.6 is 0 Å². The SMILES string of the molecule is CC(C)(C)OC(=O)N1CC(O)(C(=O)N2CCN(C3CC3)c3ccccc32)C1. The second-order valence-electron chi connectivity index (χ2n) is 8.74. The largest absolute Gasteiger partial charge is 0.444 e. The molecule has 27 heavy (non-hydrogen) atoms. The number of para-hydroxylation sites is 2. The molecule has 146 valence electrons. The van der Waals surface area contributed by atoms with E-state index in [0.29, 0.717) is 12.6 Å². The summed E-state index contributed by atoms with van der Waals surface area (Å²) in [7, 11) is 0. The Hall–Kier alpha value is -2.28. The molecule has 1 N–H and O–H groups in total. The summed E-state index contributed by atoms with van der Waals surface area (Å²) >= 11 is 0. The number of amides is 2. The minimum Gasteiger partial charge on any atom is -0.444 e. The summed E-state index contributed by atoms with van der Waals surface area (Å²) < 4.78 is 5.31. The Morgan fingerprint density at radius 1 is 1.11 bits per heavy atom. The number of aliphatic hydroxyl groups is 1. The normalized spacial score (nSPS) is 21.4. The van der Waals surface area contributed by atoms with Gasteiger partial charge >= 0.3 is 6.09 Å². The van der Waals surface area contributed by atoms with E-state index in [1.165, 1.54) is 17.7 Å². The maximum Gasteiger partial charge on any atom is 0.410 e. The van der Waals surface area contributed by atoms with Crippen LogP contribution in [-0.2, 0) is 9.53 Å². The molecule has 1 saturated heterocycles. The van der Waals surface area contributed by atoms with Crippen molar-refractivity contribution in [1.82, 2.24) is 4.90 Å². The molecule has 4 rings (SSSR count). The molecular weight excluding hydrogens is 346 g/mol. The Morgan fingerprint density at radius 3 is 2.33 bits per heavy atom. The lowest BCUT2D eigenvalue weighted by atomic mass is 9.92. The summed E-state index contributed by atoms with van der Waals surface area (Å²) in [5, 5.41) is 10.8. The van der Waals surface area contributed by atoms with Gasteiger partial charge in [0.1, 0.15) is 5.60 Å². The fourth-order valence-electron chi connectivity index (χ4n) is 3.79. The fourth-order valence-corrected chi connectivity index (χ4v) is 3.79. The maximum absolute atomic E-state index is 13.1. The summed E-state index contributed by atoms with van der Waals surface area (Å²) in [6.07, 6.45) is 1.88. The van der Waals surface area contributed by atoms with Crippen LogP contribution in [0.1, 0.15) is 33.6 Å². The summed E-state index contributed by atoms with van der Waals surface area (Å²) in [5.74, 6) is -0.342. The molecule has 0 atom stereocenters. The van der Waals surface area contributed by atoms with Crippen molar-refractivity contribution in [2.75, 3.05) is 36.0 Å². The van der Waals surface area contributed by atoms with Gasteiger partial charge in [-0.1, -0.05) is 12.1 Å². The van der Waals surface area contributed by atoms with Crippen LogP contribution in [0.4, 0.5) is 16.2 Å². The Labute approximate surface area is 159 Å². The van der Waals surface area contributed by atoms with Crippen LogP contribution < -0.4 is 9.80 Å². The second kappa shape index (κ2) is 6.12. The molecule has 7 heteroatoms. The van der Waals surface area contributed by atoms with Crippen LogP contribution in [0.3, 0.4) is 0 Å². The van der Waals surface area contributed by atoms with Crippen LogP contribution in [-0.4, -0.2) is 65.4 Å². The number of likely N-dealkylation sites (tertiary alicyclic amines) is 1. The molecule has 2 amide bonds. The van der Waals surface area contributed by atoms with E-state index in [4.69, 9.17) is 4.74 Å². The fraction of sp³-hybridized carbons (Fsp3) is 0.600.